The molecule has 3 radical (unpaired) electrons. The zero-order valence-electron chi connectivity index (χ0n) is 5.76. The number of rotatable bonds is 3. The molecule has 0 N–H and O–H groups in total. The normalized spacial score (nSPS) is 12.0. The van der Waals surface area contributed by atoms with E-state index in [4.69, 9.17) is 4.37 Å². The molecule has 0 aromatic rings. The fraction of sp³-hybridized carbons (Fsp3) is 1.00. The van der Waals surface area contributed by atoms with Gasteiger partial charge in [-0.1, -0.05) is 0 Å². The molecule has 0 unspecified atom stereocenters. The predicted molar refractivity (Wildman–Crippen MR) is 37.2 cm³/mol. The molecule has 0 bridgehead atoms. The Kier molecular flexibility index (Phi) is 5.21. The molecule has 0 heterocycles. The van der Waals surface area contributed by atoms with Crippen molar-refractivity contribution < 1.29 is 4.37 Å². The Balaban J connectivity index is 3.37. The van der Waals surface area contributed by atoms with Gasteiger partial charge in [-0.2, -0.15) is 0 Å². The summed E-state index contributed by atoms with van der Waals surface area (Å²) in [7, 11) is 1.75. The summed E-state index contributed by atoms with van der Waals surface area (Å²) < 4.78 is 10.7. The molecule has 4 heteroatoms. The molecule has 2 nitrogen and oxygen atoms in total. The van der Waals surface area contributed by atoms with Crippen molar-refractivity contribution in [3.05, 3.63) is 0 Å². The van der Waals surface area contributed by atoms with Crippen molar-refractivity contribution in [3.8, 4) is 0 Å². The molecule has 0 aromatic heterocycles. The van der Waals surface area contributed by atoms with Gasteiger partial charge >= 0.3 is 67.4 Å². The monoisotopic (exact) mass is 333 g/mol. The van der Waals surface area contributed by atoms with E-state index in [0.29, 0.717) is 0 Å². The van der Waals surface area contributed by atoms with Gasteiger partial charge in [0.25, 0.3) is 0 Å². The van der Waals surface area contributed by atoms with Gasteiger partial charge in [0.05, 0.1) is 0 Å². The Morgan fingerprint density at radius 3 is 2.00 bits per heavy atom. The van der Waals surface area contributed by atoms with E-state index in [2.05, 4.69) is 14.7 Å². The van der Waals surface area contributed by atoms with Crippen LogP contribution in [0, 0.1) is 0 Å². The van der Waals surface area contributed by atoms with Crippen LogP contribution in [0.25, 0.3) is 0 Å². The van der Waals surface area contributed by atoms with Crippen molar-refractivity contribution in [3.63, 3.8) is 0 Å². The molecule has 0 rings (SSSR count). The van der Waals surface area contributed by atoms with Gasteiger partial charge < -0.3 is 0 Å². The third-order valence-corrected chi connectivity index (χ3v) is 17.0. The van der Waals surface area contributed by atoms with Crippen LogP contribution in [0.15, 0.2) is 0 Å². The fourth-order valence-electron chi connectivity index (χ4n) is 0.257. The van der Waals surface area contributed by atoms with Crippen LogP contribution in [0.3, 0.4) is 0 Å². The zero-order valence-corrected chi connectivity index (χ0v) is 11.2. The van der Waals surface area contributed by atoms with Crippen molar-refractivity contribution >= 4 is 41.2 Å². The second-order valence-electron chi connectivity index (χ2n) is 1.73. The molecule has 49 valence electrons. The zero-order chi connectivity index (χ0) is 6.62. The molecule has 0 aliphatic carbocycles. The van der Waals surface area contributed by atoms with E-state index in [1.807, 2.05) is 0 Å². The van der Waals surface area contributed by atoms with Gasteiger partial charge in [-0.05, 0) is 0 Å². The quantitative estimate of drug-likeness (QED) is 0.719. The van der Waals surface area contributed by atoms with Gasteiger partial charge in [-0.15, -0.1) is 0 Å². The summed E-state index contributed by atoms with van der Waals surface area (Å²) >= 11 is -2.63. The molecule has 0 aliphatic heterocycles. The first-order chi connectivity index (χ1) is 3.62. The maximum atomic E-state index is 5.53. The van der Waals surface area contributed by atoms with E-state index in [1.165, 1.54) is 0 Å². The van der Waals surface area contributed by atoms with E-state index < -0.39 is 41.2 Å². The first kappa shape index (κ1) is 9.54. The average molecular weight is 333 g/mol. The first-order valence-corrected chi connectivity index (χ1v) is 13.6. The van der Waals surface area contributed by atoms with Crippen molar-refractivity contribution in [1.82, 2.24) is 0 Å². The molecule has 8 heavy (non-hydrogen) atoms. The minimum atomic E-state index is -2.16. The summed E-state index contributed by atoms with van der Waals surface area (Å²) in [5.41, 5.74) is 0. The first-order valence-electron chi connectivity index (χ1n) is 2.37. The van der Waals surface area contributed by atoms with Crippen LogP contribution in [0.2, 0.25) is 14.7 Å². The topological polar surface area (TPSA) is 18.5 Å². The average Bonchev–Trinajstić information content (AvgIpc) is 1.67. The van der Waals surface area contributed by atoms with Crippen LogP contribution in [-0.2, 0) is 4.37 Å². The maximum absolute atomic E-state index is 5.53. The Morgan fingerprint density at radius 1 is 1.38 bits per heavy atom. The molecule has 0 aliphatic rings. The van der Waals surface area contributed by atoms with E-state index in [9.17, 15) is 0 Å². The summed E-state index contributed by atoms with van der Waals surface area (Å²) in [6, 6.07) is 0. The predicted octanol–water partition coefficient (Wildman–Crippen LogP) is 1.02. The second-order valence-corrected chi connectivity index (χ2v) is 15.1. The Morgan fingerprint density at radius 2 is 1.88 bits per heavy atom. The van der Waals surface area contributed by atoms with Crippen LogP contribution in [0.4, 0.5) is 0 Å². The third kappa shape index (κ3) is 4.42. The van der Waals surface area contributed by atoms with E-state index in [1.54, 1.807) is 7.11 Å². The van der Waals surface area contributed by atoms with Crippen LogP contribution in [0.5, 0.6) is 0 Å². The van der Waals surface area contributed by atoms with Crippen LogP contribution >= 0.6 is 0 Å². The molecule has 0 fully saturated rings. The van der Waals surface area contributed by atoms with Gasteiger partial charge in [0, 0.05) is 0 Å². The van der Waals surface area contributed by atoms with E-state index in [-0.39, 0.29) is 0 Å². The summed E-state index contributed by atoms with van der Waals surface area (Å²) in [5, 5.41) is 0. The van der Waals surface area contributed by atoms with Crippen molar-refractivity contribution in [2.75, 3.05) is 7.11 Å². The fourth-order valence-corrected chi connectivity index (χ4v) is 11.6. The number of hydrogen-bond acceptors (Lipinski definition) is 2. The molecule has 0 saturated heterocycles. The minimum absolute atomic E-state index is 0.466. The third-order valence-electron chi connectivity index (χ3n) is 0.751. The molecule has 0 aromatic carbocycles. The summed E-state index contributed by atoms with van der Waals surface area (Å²) in [6.07, 6.45) is 0. The Labute approximate surface area is 66.8 Å². The van der Waals surface area contributed by atoms with Gasteiger partial charge in [-0.3, -0.25) is 0 Å². The molecular formula is C4H12O2SbSn. The van der Waals surface area contributed by atoms with Crippen LogP contribution in [0.1, 0.15) is 0 Å². The van der Waals surface area contributed by atoms with Crippen molar-refractivity contribution in [2.45, 2.75) is 14.7 Å². The summed E-state index contributed by atoms with van der Waals surface area (Å²) in [6.45, 7) is 0. The van der Waals surface area contributed by atoms with Crippen molar-refractivity contribution in [2.24, 2.45) is 0 Å². The molecule has 0 spiro atoms. The van der Waals surface area contributed by atoms with Gasteiger partial charge in [0.2, 0.25) is 0 Å². The van der Waals surface area contributed by atoms with Gasteiger partial charge in [0.15, 0.2) is 0 Å². The molecule has 0 amide bonds. The molecule has 0 saturated carbocycles. The Hall–Kier alpha value is 1.54. The SMILES string of the molecule is C[O][Sb]([CH3])([CH3])[O][Sn][CH3]. The van der Waals surface area contributed by atoms with Gasteiger partial charge in [0.1, 0.15) is 0 Å². The van der Waals surface area contributed by atoms with E-state index in [0.717, 1.165) is 0 Å². The second kappa shape index (κ2) is 4.37. The Bertz CT molecular complexity index is 67.1. The van der Waals surface area contributed by atoms with Gasteiger partial charge in [-0.25, -0.2) is 0 Å². The van der Waals surface area contributed by atoms with Crippen molar-refractivity contribution in [1.29, 1.82) is 0 Å². The van der Waals surface area contributed by atoms with Crippen LogP contribution < -0.4 is 0 Å². The van der Waals surface area contributed by atoms with Crippen LogP contribution in [-0.4, -0.2) is 48.3 Å². The standard InChI is InChI=1S/CH3O.3CH3.O.Sb.Sn/c1-2;;;;;;/h1H3;3*1H3;;;/q-1;;;;;+1;. The number of hydrogen-bond donors (Lipinski definition) is 0. The molecule has 0 atom stereocenters. The summed E-state index contributed by atoms with van der Waals surface area (Å²) in [4.78, 5) is 6.42. The molecular weight excluding hydrogens is 321 g/mol. The summed E-state index contributed by atoms with van der Waals surface area (Å²) in [5.74, 6) is 0. The van der Waals surface area contributed by atoms with E-state index >= 15 is 0 Å².